The lowest BCUT2D eigenvalue weighted by atomic mass is 10.1. The van der Waals surface area contributed by atoms with Gasteiger partial charge >= 0.3 is 0 Å². The van der Waals surface area contributed by atoms with E-state index >= 15 is 0 Å². The van der Waals surface area contributed by atoms with Crippen molar-refractivity contribution in [3.05, 3.63) is 102 Å². The lowest BCUT2D eigenvalue weighted by Gasteiger charge is -2.28. The van der Waals surface area contributed by atoms with Crippen molar-refractivity contribution in [3.8, 4) is 0 Å². The molecule has 2 aromatic carbocycles. The molecule has 1 amide bonds. The molecule has 7 nitrogen and oxygen atoms in total. The number of hydrogen-bond donors (Lipinski definition) is 1. The topological polar surface area (TPSA) is 97.9 Å². The predicted octanol–water partition coefficient (Wildman–Crippen LogP) is 4.87. The molecule has 0 bridgehead atoms. The molecular weight excluding hydrogens is 424 g/mol. The number of carbonyl (C=O) groups excluding carboxylic acids is 1. The highest BCUT2D eigenvalue weighted by Crippen LogP contribution is 2.25. The van der Waals surface area contributed by atoms with E-state index in [0.717, 1.165) is 32.9 Å². The van der Waals surface area contributed by atoms with Crippen LogP contribution in [0.1, 0.15) is 40.4 Å². The monoisotopic (exact) mass is 448 g/mol. The van der Waals surface area contributed by atoms with Gasteiger partial charge in [0.15, 0.2) is 0 Å². The second-order valence-electron chi connectivity index (χ2n) is 8.34. The van der Waals surface area contributed by atoms with Crippen molar-refractivity contribution in [2.75, 3.05) is 5.73 Å². The van der Waals surface area contributed by atoms with Gasteiger partial charge in [-0.1, -0.05) is 24.3 Å². The van der Waals surface area contributed by atoms with E-state index in [9.17, 15) is 4.79 Å². The van der Waals surface area contributed by atoms with Gasteiger partial charge in [0.05, 0.1) is 23.8 Å². The van der Waals surface area contributed by atoms with E-state index in [-0.39, 0.29) is 11.9 Å². The molecule has 168 valence electrons. The van der Waals surface area contributed by atoms with Gasteiger partial charge in [-0.3, -0.25) is 9.78 Å². The summed E-state index contributed by atoms with van der Waals surface area (Å²) in [5, 5.41) is 3.00. The molecule has 0 aliphatic carbocycles. The Labute approximate surface area is 197 Å². The number of aryl methyl sites for hydroxylation is 1. The first-order chi connectivity index (χ1) is 16.5. The van der Waals surface area contributed by atoms with Gasteiger partial charge in [-0.2, -0.15) is 0 Å². The number of nitrogens with two attached hydrogens (primary N) is 1. The summed E-state index contributed by atoms with van der Waals surface area (Å²) in [6.07, 6.45) is 5.21. The molecule has 0 saturated carbocycles. The number of anilines is 1. The van der Waals surface area contributed by atoms with E-state index < -0.39 is 0 Å². The molecule has 34 heavy (non-hydrogen) atoms. The van der Waals surface area contributed by atoms with Gasteiger partial charge in [0.25, 0.3) is 5.91 Å². The van der Waals surface area contributed by atoms with Crippen LogP contribution in [0.15, 0.2) is 79.3 Å². The van der Waals surface area contributed by atoms with Crippen molar-refractivity contribution < 1.29 is 4.79 Å². The summed E-state index contributed by atoms with van der Waals surface area (Å²) in [5.74, 6) is 0.930. The Hall–Kier alpha value is -4.39. The molecule has 0 spiro atoms. The van der Waals surface area contributed by atoms with Gasteiger partial charge in [0.2, 0.25) is 0 Å². The number of benzene rings is 2. The molecule has 0 fully saturated rings. The molecule has 0 aliphatic rings. The smallest absolute Gasteiger partial charge is 0.254 e. The number of carbonyl (C=O) groups is 1. The Kier molecular flexibility index (Phi) is 5.59. The van der Waals surface area contributed by atoms with E-state index in [1.807, 2.05) is 68.6 Å². The molecule has 1 atom stereocenters. The first kappa shape index (κ1) is 21.5. The zero-order chi connectivity index (χ0) is 23.7. The fourth-order valence-electron chi connectivity index (χ4n) is 4.04. The summed E-state index contributed by atoms with van der Waals surface area (Å²) in [6.45, 7) is 4.16. The molecule has 7 heteroatoms. The second kappa shape index (κ2) is 8.86. The van der Waals surface area contributed by atoms with Crippen LogP contribution in [-0.2, 0) is 6.54 Å². The van der Waals surface area contributed by atoms with Crippen molar-refractivity contribution in [3.63, 3.8) is 0 Å². The van der Waals surface area contributed by atoms with Crippen molar-refractivity contribution in [1.82, 2.24) is 24.8 Å². The number of nitrogen functional groups attached to an aromatic ring is 1. The standard InChI is InChI=1S/C27H24N6O/c1-17-12-22-13-20(8-9-24(22)32-25(17)28)27(34)33(18(2)26-29-10-5-11-30-26)16-23-14-19-6-3-4-7-21(19)15-31-23/h3-15,18H,16H2,1-2H3,(H2,28,32)/t18-/m0/s1. The van der Waals surface area contributed by atoms with Crippen molar-refractivity contribution in [2.24, 2.45) is 0 Å². The van der Waals surface area contributed by atoms with E-state index in [1.54, 1.807) is 29.4 Å². The van der Waals surface area contributed by atoms with Crippen LogP contribution in [0.5, 0.6) is 0 Å². The van der Waals surface area contributed by atoms with Crippen LogP contribution in [0.4, 0.5) is 5.82 Å². The number of fused-ring (bicyclic) bond motifs is 2. The van der Waals surface area contributed by atoms with Gasteiger partial charge in [-0.05, 0) is 61.2 Å². The van der Waals surface area contributed by atoms with Gasteiger partial charge in [0, 0.05) is 34.9 Å². The Morgan fingerprint density at radius 3 is 2.50 bits per heavy atom. The highest BCUT2D eigenvalue weighted by Gasteiger charge is 2.25. The van der Waals surface area contributed by atoms with Crippen molar-refractivity contribution >= 4 is 33.4 Å². The Balaban J connectivity index is 1.54. The number of rotatable bonds is 5. The average molecular weight is 449 g/mol. The molecule has 3 aromatic heterocycles. The van der Waals surface area contributed by atoms with Crippen molar-refractivity contribution in [2.45, 2.75) is 26.4 Å². The van der Waals surface area contributed by atoms with E-state index in [0.29, 0.717) is 23.8 Å². The number of nitrogens with zero attached hydrogens (tertiary/aromatic N) is 5. The summed E-state index contributed by atoms with van der Waals surface area (Å²) in [6, 6.07) is 18.9. The van der Waals surface area contributed by atoms with Crippen LogP contribution < -0.4 is 5.73 Å². The van der Waals surface area contributed by atoms with E-state index in [4.69, 9.17) is 5.73 Å². The Morgan fingerprint density at radius 1 is 0.941 bits per heavy atom. The highest BCUT2D eigenvalue weighted by molar-refractivity contribution is 5.98. The Morgan fingerprint density at radius 2 is 1.71 bits per heavy atom. The number of hydrogen-bond acceptors (Lipinski definition) is 6. The fraction of sp³-hybridized carbons (Fsp3) is 0.148. The quantitative estimate of drug-likeness (QED) is 0.412. The van der Waals surface area contributed by atoms with Crippen LogP contribution in [-0.4, -0.2) is 30.7 Å². The highest BCUT2D eigenvalue weighted by atomic mass is 16.2. The summed E-state index contributed by atoms with van der Waals surface area (Å²) < 4.78 is 0. The van der Waals surface area contributed by atoms with Gasteiger partial charge < -0.3 is 10.6 Å². The second-order valence-corrected chi connectivity index (χ2v) is 8.34. The van der Waals surface area contributed by atoms with Crippen LogP contribution in [0.2, 0.25) is 0 Å². The predicted molar refractivity (Wildman–Crippen MR) is 133 cm³/mol. The van der Waals surface area contributed by atoms with Crippen LogP contribution >= 0.6 is 0 Å². The molecule has 0 radical (unpaired) electrons. The SMILES string of the molecule is Cc1cc2cc(C(=O)N(Cc3cc4ccccc4cn3)[C@@H](C)c3ncccn3)ccc2nc1N. The summed E-state index contributed by atoms with van der Waals surface area (Å²) in [7, 11) is 0. The van der Waals surface area contributed by atoms with E-state index in [1.165, 1.54) is 0 Å². The number of aromatic nitrogens is 4. The summed E-state index contributed by atoms with van der Waals surface area (Å²) in [4.78, 5) is 33.4. The Bertz CT molecular complexity index is 1500. The minimum atomic E-state index is -0.357. The molecule has 0 unspecified atom stereocenters. The number of pyridine rings is 2. The third kappa shape index (κ3) is 4.15. The molecule has 0 aliphatic heterocycles. The molecule has 2 N–H and O–H groups in total. The first-order valence-corrected chi connectivity index (χ1v) is 11.1. The van der Waals surface area contributed by atoms with Gasteiger partial charge in [-0.15, -0.1) is 0 Å². The fourth-order valence-corrected chi connectivity index (χ4v) is 4.04. The maximum Gasteiger partial charge on any atom is 0.254 e. The van der Waals surface area contributed by atoms with E-state index in [2.05, 4.69) is 19.9 Å². The lowest BCUT2D eigenvalue weighted by molar-refractivity contribution is 0.0663. The van der Waals surface area contributed by atoms with Crippen LogP contribution in [0, 0.1) is 6.92 Å². The molecule has 0 saturated heterocycles. The van der Waals surface area contributed by atoms with Crippen LogP contribution in [0.3, 0.4) is 0 Å². The minimum Gasteiger partial charge on any atom is -0.383 e. The first-order valence-electron chi connectivity index (χ1n) is 11.1. The molecule has 5 rings (SSSR count). The van der Waals surface area contributed by atoms with Gasteiger partial charge in [-0.25, -0.2) is 15.0 Å². The average Bonchev–Trinajstić information content (AvgIpc) is 2.87. The molecule has 3 heterocycles. The van der Waals surface area contributed by atoms with Crippen LogP contribution in [0.25, 0.3) is 21.7 Å². The number of amides is 1. The third-order valence-electron chi connectivity index (χ3n) is 6.00. The maximum atomic E-state index is 13.8. The summed E-state index contributed by atoms with van der Waals surface area (Å²) in [5.41, 5.74) is 8.93. The molecule has 5 aromatic rings. The largest absolute Gasteiger partial charge is 0.383 e. The third-order valence-corrected chi connectivity index (χ3v) is 6.00. The lowest BCUT2D eigenvalue weighted by Crippen LogP contribution is -2.34. The minimum absolute atomic E-state index is 0.133. The zero-order valence-electron chi connectivity index (χ0n) is 19.0. The van der Waals surface area contributed by atoms with Gasteiger partial charge in [0.1, 0.15) is 11.6 Å². The van der Waals surface area contributed by atoms with Crippen molar-refractivity contribution in [1.29, 1.82) is 0 Å². The summed E-state index contributed by atoms with van der Waals surface area (Å²) >= 11 is 0. The normalized spacial score (nSPS) is 12.1. The maximum absolute atomic E-state index is 13.8. The zero-order valence-corrected chi connectivity index (χ0v) is 19.0. The molecular formula is C27H24N6O.